The first-order chi connectivity index (χ1) is 8.69. The van der Waals surface area contributed by atoms with Crippen molar-refractivity contribution in [3.8, 4) is 11.3 Å². The van der Waals surface area contributed by atoms with E-state index in [1.807, 2.05) is 14.0 Å². The summed E-state index contributed by atoms with van der Waals surface area (Å²) < 4.78 is 2.11. The molecule has 0 saturated carbocycles. The van der Waals surface area contributed by atoms with Crippen molar-refractivity contribution in [2.45, 2.75) is 20.3 Å². The van der Waals surface area contributed by atoms with Crippen molar-refractivity contribution < 1.29 is 0 Å². The zero-order valence-electron chi connectivity index (χ0n) is 10.8. The standard InChI is InChI=1S/C14H15N3S/c1-4-14-16-12(8-18-14)10-5-6-13-11(7-10)15-9(2)17(13)3/h5-8H,4H2,1-3H3. The van der Waals surface area contributed by atoms with Crippen molar-refractivity contribution >= 4 is 22.4 Å². The largest absolute Gasteiger partial charge is 0.331 e. The molecule has 0 N–H and O–H groups in total. The van der Waals surface area contributed by atoms with Gasteiger partial charge in [0.2, 0.25) is 0 Å². The van der Waals surface area contributed by atoms with E-state index in [0.717, 1.165) is 29.0 Å². The lowest BCUT2D eigenvalue weighted by atomic mass is 10.1. The maximum Gasteiger partial charge on any atom is 0.106 e. The number of aryl methyl sites for hydroxylation is 3. The van der Waals surface area contributed by atoms with Gasteiger partial charge in [-0.05, 0) is 25.5 Å². The van der Waals surface area contributed by atoms with Crippen molar-refractivity contribution in [1.82, 2.24) is 14.5 Å². The number of nitrogens with zero attached hydrogens (tertiary/aromatic N) is 3. The first kappa shape index (κ1) is 11.4. The molecule has 2 aromatic heterocycles. The molecule has 0 spiro atoms. The van der Waals surface area contributed by atoms with Crippen LogP contribution in [0.3, 0.4) is 0 Å². The minimum Gasteiger partial charge on any atom is -0.331 e. The molecular weight excluding hydrogens is 242 g/mol. The molecule has 0 aliphatic carbocycles. The monoisotopic (exact) mass is 257 g/mol. The quantitative estimate of drug-likeness (QED) is 0.702. The van der Waals surface area contributed by atoms with Gasteiger partial charge in [0.05, 0.1) is 21.7 Å². The van der Waals surface area contributed by atoms with E-state index in [4.69, 9.17) is 0 Å². The van der Waals surface area contributed by atoms with Crippen LogP contribution >= 0.6 is 11.3 Å². The number of thiazole rings is 1. The second-order valence-electron chi connectivity index (χ2n) is 4.40. The zero-order valence-corrected chi connectivity index (χ0v) is 11.6. The minimum atomic E-state index is 0.996. The third-order valence-corrected chi connectivity index (χ3v) is 4.25. The van der Waals surface area contributed by atoms with E-state index in [2.05, 4.69) is 45.0 Å². The molecule has 0 amide bonds. The number of rotatable bonds is 2. The van der Waals surface area contributed by atoms with Crippen LogP contribution in [0.25, 0.3) is 22.3 Å². The van der Waals surface area contributed by atoms with Gasteiger partial charge in [0.15, 0.2) is 0 Å². The molecule has 0 fully saturated rings. The molecule has 1 aromatic carbocycles. The summed E-state index contributed by atoms with van der Waals surface area (Å²) in [7, 11) is 2.04. The Morgan fingerprint density at radius 1 is 1.28 bits per heavy atom. The fraction of sp³-hybridized carbons (Fsp3) is 0.286. The van der Waals surface area contributed by atoms with E-state index in [0.29, 0.717) is 0 Å². The topological polar surface area (TPSA) is 30.7 Å². The molecule has 18 heavy (non-hydrogen) atoms. The van der Waals surface area contributed by atoms with Crippen molar-refractivity contribution in [2.24, 2.45) is 7.05 Å². The van der Waals surface area contributed by atoms with Gasteiger partial charge in [0.1, 0.15) is 5.82 Å². The number of imidazole rings is 1. The Balaban J connectivity index is 2.13. The van der Waals surface area contributed by atoms with Crippen LogP contribution in [-0.2, 0) is 13.5 Å². The average molecular weight is 257 g/mol. The molecule has 0 radical (unpaired) electrons. The van der Waals surface area contributed by atoms with Crippen LogP contribution in [0.1, 0.15) is 17.8 Å². The summed E-state index contributed by atoms with van der Waals surface area (Å²) in [6.45, 7) is 4.16. The van der Waals surface area contributed by atoms with Crippen LogP contribution in [0.15, 0.2) is 23.6 Å². The fourth-order valence-electron chi connectivity index (χ4n) is 2.09. The Kier molecular flexibility index (Phi) is 2.67. The number of aromatic nitrogens is 3. The molecule has 92 valence electrons. The van der Waals surface area contributed by atoms with E-state index >= 15 is 0 Å². The van der Waals surface area contributed by atoms with Gasteiger partial charge >= 0.3 is 0 Å². The maximum atomic E-state index is 4.62. The normalized spacial score (nSPS) is 11.3. The molecule has 0 aliphatic heterocycles. The molecule has 4 heteroatoms. The Labute approximate surface area is 110 Å². The summed E-state index contributed by atoms with van der Waals surface area (Å²) in [5, 5.41) is 3.30. The highest BCUT2D eigenvalue weighted by Crippen LogP contribution is 2.25. The van der Waals surface area contributed by atoms with Crippen molar-refractivity contribution in [1.29, 1.82) is 0 Å². The summed E-state index contributed by atoms with van der Waals surface area (Å²) >= 11 is 1.72. The summed E-state index contributed by atoms with van der Waals surface area (Å²) in [5.74, 6) is 1.04. The summed E-state index contributed by atoms with van der Waals surface area (Å²) in [6.07, 6.45) is 0.996. The van der Waals surface area contributed by atoms with Crippen LogP contribution in [0.4, 0.5) is 0 Å². The second kappa shape index (κ2) is 4.21. The first-order valence-corrected chi connectivity index (χ1v) is 6.95. The molecule has 3 aromatic rings. The van der Waals surface area contributed by atoms with Crippen LogP contribution in [-0.4, -0.2) is 14.5 Å². The van der Waals surface area contributed by atoms with E-state index in [9.17, 15) is 0 Å². The summed E-state index contributed by atoms with van der Waals surface area (Å²) in [4.78, 5) is 9.18. The van der Waals surface area contributed by atoms with Crippen LogP contribution in [0.5, 0.6) is 0 Å². The highest BCUT2D eigenvalue weighted by atomic mass is 32.1. The molecular formula is C14H15N3S. The molecule has 0 bridgehead atoms. The van der Waals surface area contributed by atoms with Crippen molar-refractivity contribution in [3.63, 3.8) is 0 Å². The Hall–Kier alpha value is -1.68. The van der Waals surface area contributed by atoms with Crippen LogP contribution in [0.2, 0.25) is 0 Å². The Morgan fingerprint density at radius 2 is 2.11 bits per heavy atom. The predicted octanol–water partition coefficient (Wildman–Crippen LogP) is 3.57. The van der Waals surface area contributed by atoms with Gasteiger partial charge in [-0.15, -0.1) is 11.3 Å². The number of hydrogen-bond acceptors (Lipinski definition) is 3. The Morgan fingerprint density at radius 3 is 2.83 bits per heavy atom. The number of hydrogen-bond donors (Lipinski definition) is 0. The Bertz CT molecular complexity index is 709. The maximum absolute atomic E-state index is 4.62. The van der Waals surface area contributed by atoms with Gasteiger partial charge in [0, 0.05) is 18.0 Å². The average Bonchev–Trinajstić information content (AvgIpc) is 2.95. The molecule has 0 atom stereocenters. The zero-order chi connectivity index (χ0) is 12.7. The molecule has 0 saturated heterocycles. The summed E-state index contributed by atoms with van der Waals surface area (Å²) in [6, 6.07) is 6.37. The smallest absolute Gasteiger partial charge is 0.106 e. The minimum absolute atomic E-state index is 0.996. The van der Waals surface area contributed by atoms with Gasteiger partial charge in [-0.1, -0.05) is 13.0 Å². The van der Waals surface area contributed by atoms with E-state index in [1.54, 1.807) is 11.3 Å². The lowest BCUT2D eigenvalue weighted by Crippen LogP contribution is -1.89. The van der Waals surface area contributed by atoms with Gasteiger partial charge in [-0.2, -0.15) is 0 Å². The summed E-state index contributed by atoms with van der Waals surface area (Å²) in [5.41, 5.74) is 4.42. The highest BCUT2D eigenvalue weighted by molar-refractivity contribution is 7.09. The third kappa shape index (κ3) is 1.73. The lowest BCUT2D eigenvalue weighted by Gasteiger charge is -1.98. The fourth-order valence-corrected chi connectivity index (χ4v) is 2.84. The van der Waals surface area contributed by atoms with Gasteiger partial charge < -0.3 is 4.57 Å². The SMILES string of the molecule is CCc1nc(-c2ccc3c(c2)nc(C)n3C)cs1. The predicted molar refractivity (Wildman–Crippen MR) is 75.9 cm³/mol. The van der Waals surface area contributed by atoms with Gasteiger partial charge in [-0.25, -0.2) is 9.97 Å². The molecule has 0 aliphatic rings. The van der Waals surface area contributed by atoms with Crippen LogP contribution < -0.4 is 0 Å². The number of benzene rings is 1. The van der Waals surface area contributed by atoms with Gasteiger partial charge in [0.25, 0.3) is 0 Å². The molecule has 2 heterocycles. The van der Waals surface area contributed by atoms with Crippen molar-refractivity contribution in [3.05, 3.63) is 34.4 Å². The highest BCUT2D eigenvalue weighted by Gasteiger charge is 2.08. The number of fused-ring (bicyclic) bond motifs is 1. The molecule has 3 rings (SSSR count). The molecule has 0 unspecified atom stereocenters. The van der Waals surface area contributed by atoms with E-state index in [-0.39, 0.29) is 0 Å². The van der Waals surface area contributed by atoms with E-state index < -0.39 is 0 Å². The van der Waals surface area contributed by atoms with E-state index in [1.165, 1.54) is 10.5 Å². The first-order valence-electron chi connectivity index (χ1n) is 6.07. The van der Waals surface area contributed by atoms with Crippen molar-refractivity contribution in [2.75, 3.05) is 0 Å². The lowest BCUT2D eigenvalue weighted by molar-refractivity contribution is 0.886. The van der Waals surface area contributed by atoms with Crippen LogP contribution in [0, 0.1) is 6.92 Å². The second-order valence-corrected chi connectivity index (χ2v) is 5.34. The van der Waals surface area contributed by atoms with Gasteiger partial charge in [-0.3, -0.25) is 0 Å². The third-order valence-electron chi connectivity index (χ3n) is 3.25. The molecule has 3 nitrogen and oxygen atoms in total.